The van der Waals surface area contributed by atoms with Gasteiger partial charge in [-0.3, -0.25) is 0 Å². The predicted octanol–water partition coefficient (Wildman–Crippen LogP) is 2.87. The summed E-state index contributed by atoms with van der Waals surface area (Å²) in [5, 5.41) is 0. The number of rotatable bonds is 1. The second-order valence-electron chi connectivity index (χ2n) is 7.77. The monoisotopic (exact) mass is 219 g/mol. The Morgan fingerprint density at radius 2 is 1.56 bits per heavy atom. The van der Waals surface area contributed by atoms with Crippen molar-refractivity contribution >= 4 is 0 Å². The van der Waals surface area contributed by atoms with Crippen molar-refractivity contribution in [1.29, 1.82) is 0 Å². The fourth-order valence-corrected chi connectivity index (χ4v) is 6.10. The minimum Gasteiger partial charge on any atom is -0.305 e. The van der Waals surface area contributed by atoms with Crippen molar-refractivity contribution in [2.24, 2.45) is 40.4 Å². The van der Waals surface area contributed by atoms with Gasteiger partial charge < -0.3 is 4.90 Å². The van der Waals surface area contributed by atoms with E-state index in [1.807, 2.05) is 0 Å². The number of likely N-dealkylation sites (tertiary alicyclic amines) is 1. The molecule has 0 N–H and O–H groups in total. The van der Waals surface area contributed by atoms with E-state index in [1.54, 1.807) is 12.8 Å². The summed E-state index contributed by atoms with van der Waals surface area (Å²) < 4.78 is 0. The van der Waals surface area contributed by atoms with Crippen LogP contribution in [0.25, 0.3) is 0 Å². The molecule has 4 aliphatic rings. The Bertz CT molecular complexity index is 343. The third-order valence-corrected chi connectivity index (χ3v) is 7.00. The third-order valence-electron chi connectivity index (χ3n) is 7.00. The Labute approximate surface area is 99.6 Å². The highest BCUT2D eigenvalue weighted by atomic mass is 15.2. The van der Waals surface area contributed by atoms with Gasteiger partial charge in [-0.25, -0.2) is 0 Å². The molecular formula is C15H25N. The summed E-state index contributed by atoms with van der Waals surface area (Å²) in [4.78, 5) is 2.52. The second kappa shape index (κ2) is 2.53. The molecule has 0 aromatic heterocycles. The predicted molar refractivity (Wildman–Crippen MR) is 66.1 cm³/mol. The van der Waals surface area contributed by atoms with Gasteiger partial charge in [-0.15, -0.1) is 0 Å². The van der Waals surface area contributed by atoms with E-state index in [4.69, 9.17) is 0 Å². The van der Waals surface area contributed by atoms with Gasteiger partial charge in [0.1, 0.15) is 0 Å². The van der Waals surface area contributed by atoms with Crippen LogP contribution in [-0.2, 0) is 0 Å². The molecule has 1 heteroatoms. The molecule has 3 saturated carbocycles. The van der Waals surface area contributed by atoms with Gasteiger partial charge in [0.2, 0.25) is 0 Å². The molecule has 0 aromatic rings. The largest absolute Gasteiger partial charge is 0.305 e. The number of hydrogen-bond donors (Lipinski definition) is 0. The van der Waals surface area contributed by atoms with Crippen molar-refractivity contribution in [3.05, 3.63) is 0 Å². The first-order chi connectivity index (χ1) is 7.51. The standard InChI is InChI=1S/C15H25N/c1-9-5-14(6-10(14)2)12(9)13-11(3)15(13)7-16(4)8-15/h9-13H,5-8H2,1-4H3/t9-,10-,11+,12?,13?,14?/m1/s1. The van der Waals surface area contributed by atoms with Crippen molar-refractivity contribution in [3.63, 3.8) is 0 Å². The summed E-state index contributed by atoms with van der Waals surface area (Å²) in [6.07, 6.45) is 3.10. The molecule has 1 nitrogen and oxygen atoms in total. The first kappa shape index (κ1) is 9.94. The van der Waals surface area contributed by atoms with E-state index in [1.165, 1.54) is 13.1 Å². The van der Waals surface area contributed by atoms with Gasteiger partial charge in [0, 0.05) is 18.5 Å². The molecule has 16 heavy (non-hydrogen) atoms. The van der Waals surface area contributed by atoms with Crippen LogP contribution < -0.4 is 0 Å². The average molecular weight is 219 g/mol. The van der Waals surface area contributed by atoms with Crippen LogP contribution in [0.4, 0.5) is 0 Å². The Balaban J connectivity index is 1.55. The summed E-state index contributed by atoms with van der Waals surface area (Å²) in [6.45, 7) is 10.3. The Morgan fingerprint density at radius 3 is 2.00 bits per heavy atom. The molecule has 3 aliphatic carbocycles. The molecule has 3 unspecified atom stereocenters. The molecule has 0 amide bonds. The molecule has 1 aliphatic heterocycles. The van der Waals surface area contributed by atoms with E-state index in [-0.39, 0.29) is 0 Å². The van der Waals surface area contributed by atoms with Crippen LogP contribution in [0.1, 0.15) is 33.6 Å². The maximum absolute atomic E-state index is 2.53. The lowest BCUT2D eigenvalue weighted by atomic mass is 9.58. The van der Waals surface area contributed by atoms with E-state index in [0.717, 1.165) is 40.4 Å². The Kier molecular flexibility index (Phi) is 1.57. The van der Waals surface area contributed by atoms with Crippen LogP contribution >= 0.6 is 0 Å². The van der Waals surface area contributed by atoms with Crippen molar-refractivity contribution in [2.45, 2.75) is 33.6 Å². The van der Waals surface area contributed by atoms with Crippen LogP contribution in [0, 0.1) is 40.4 Å². The summed E-state index contributed by atoms with van der Waals surface area (Å²) in [7, 11) is 2.28. The summed E-state index contributed by atoms with van der Waals surface area (Å²) in [5.74, 6) is 5.31. The molecule has 0 bridgehead atoms. The summed E-state index contributed by atoms with van der Waals surface area (Å²) in [5.41, 5.74) is 1.62. The van der Waals surface area contributed by atoms with Crippen LogP contribution in [0.3, 0.4) is 0 Å². The molecule has 2 spiro atoms. The molecule has 1 heterocycles. The zero-order chi connectivity index (χ0) is 11.3. The highest BCUT2D eigenvalue weighted by molar-refractivity contribution is 5.26. The fraction of sp³-hybridized carbons (Fsp3) is 1.00. The maximum atomic E-state index is 2.53. The van der Waals surface area contributed by atoms with Gasteiger partial charge in [-0.2, -0.15) is 0 Å². The highest BCUT2D eigenvalue weighted by Gasteiger charge is 2.77. The lowest BCUT2D eigenvalue weighted by Crippen LogP contribution is -2.50. The Hall–Kier alpha value is -0.0400. The van der Waals surface area contributed by atoms with E-state index >= 15 is 0 Å². The molecule has 1 saturated heterocycles. The summed E-state index contributed by atoms with van der Waals surface area (Å²) in [6, 6.07) is 0. The van der Waals surface area contributed by atoms with Crippen molar-refractivity contribution in [2.75, 3.05) is 20.1 Å². The molecular weight excluding hydrogens is 194 g/mol. The van der Waals surface area contributed by atoms with Gasteiger partial charge in [0.15, 0.2) is 0 Å². The zero-order valence-corrected chi connectivity index (χ0v) is 11.2. The molecule has 0 aromatic carbocycles. The lowest BCUT2D eigenvalue weighted by molar-refractivity contribution is -0.00874. The average Bonchev–Trinajstić information content (AvgIpc) is 2.96. The van der Waals surface area contributed by atoms with Crippen molar-refractivity contribution < 1.29 is 0 Å². The first-order valence-electron chi connectivity index (χ1n) is 7.20. The third kappa shape index (κ3) is 0.868. The van der Waals surface area contributed by atoms with E-state index in [2.05, 4.69) is 32.7 Å². The van der Waals surface area contributed by atoms with Crippen molar-refractivity contribution in [3.8, 4) is 0 Å². The van der Waals surface area contributed by atoms with E-state index in [0.29, 0.717) is 0 Å². The SMILES string of the molecule is C[C@@H]1CC2(C[C@H]2C)C1C1[C@H](C)C12CN(C)C2. The first-order valence-corrected chi connectivity index (χ1v) is 7.20. The van der Waals surface area contributed by atoms with Crippen LogP contribution in [0.2, 0.25) is 0 Å². The fourth-order valence-electron chi connectivity index (χ4n) is 6.10. The molecule has 4 fully saturated rings. The molecule has 4 rings (SSSR count). The minimum absolute atomic E-state index is 0.781. The lowest BCUT2D eigenvalue weighted by Gasteiger charge is -2.49. The van der Waals surface area contributed by atoms with E-state index < -0.39 is 0 Å². The van der Waals surface area contributed by atoms with Crippen LogP contribution in [0.15, 0.2) is 0 Å². The van der Waals surface area contributed by atoms with Crippen molar-refractivity contribution in [1.82, 2.24) is 4.90 Å². The zero-order valence-electron chi connectivity index (χ0n) is 11.2. The smallest absolute Gasteiger partial charge is 0.00530 e. The quantitative estimate of drug-likeness (QED) is 0.655. The van der Waals surface area contributed by atoms with Gasteiger partial charge >= 0.3 is 0 Å². The van der Waals surface area contributed by atoms with Gasteiger partial charge in [0.25, 0.3) is 0 Å². The number of hydrogen-bond acceptors (Lipinski definition) is 1. The van der Waals surface area contributed by atoms with Gasteiger partial charge in [0.05, 0.1) is 0 Å². The number of nitrogens with zero attached hydrogens (tertiary/aromatic N) is 1. The van der Waals surface area contributed by atoms with Gasteiger partial charge in [-0.05, 0) is 54.9 Å². The van der Waals surface area contributed by atoms with Gasteiger partial charge in [-0.1, -0.05) is 20.8 Å². The normalized spacial score (nSPS) is 61.9. The van der Waals surface area contributed by atoms with E-state index in [9.17, 15) is 0 Å². The highest BCUT2D eigenvalue weighted by Crippen LogP contribution is 2.80. The second-order valence-corrected chi connectivity index (χ2v) is 7.77. The minimum atomic E-state index is 0.781. The maximum Gasteiger partial charge on any atom is 0.00530 e. The summed E-state index contributed by atoms with van der Waals surface area (Å²) >= 11 is 0. The van der Waals surface area contributed by atoms with Crippen LogP contribution in [0.5, 0.6) is 0 Å². The molecule has 0 radical (unpaired) electrons. The Morgan fingerprint density at radius 1 is 0.938 bits per heavy atom. The molecule has 6 atom stereocenters. The van der Waals surface area contributed by atoms with Crippen LogP contribution in [-0.4, -0.2) is 25.0 Å². The molecule has 90 valence electrons. The topological polar surface area (TPSA) is 3.24 Å².